The van der Waals surface area contributed by atoms with Gasteiger partial charge in [0.1, 0.15) is 11.9 Å². The number of rotatable bonds is 7. The summed E-state index contributed by atoms with van der Waals surface area (Å²) in [6, 6.07) is 3.97. The van der Waals surface area contributed by atoms with E-state index in [0.29, 0.717) is 17.7 Å². The highest BCUT2D eigenvalue weighted by Gasteiger charge is 2.24. The average Bonchev–Trinajstić information content (AvgIpc) is 3.35. The summed E-state index contributed by atoms with van der Waals surface area (Å²) in [6.07, 6.45) is 4.28. The maximum absolute atomic E-state index is 10.1. The van der Waals surface area contributed by atoms with E-state index in [9.17, 15) is 5.11 Å². The number of aliphatic imine (C=N–C) groups is 1. The van der Waals surface area contributed by atoms with Crippen LogP contribution in [0.15, 0.2) is 27.8 Å². The zero-order chi connectivity index (χ0) is 18.2. The summed E-state index contributed by atoms with van der Waals surface area (Å²) in [5, 5.41) is 16.9. The highest BCUT2D eigenvalue weighted by atomic mass is 16.5. The van der Waals surface area contributed by atoms with Crippen LogP contribution in [0.4, 0.5) is 0 Å². The monoisotopic (exact) mass is 364 g/mol. The summed E-state index contributed by atoms with van der Waals surface area (Å²) in [5.74, 6) is 2.02. The van der Waals surface area contributed by atoms with Crippen molar-refractivity contribution in [1.82, 2.24) is 15.5 Å². The fourth-order valence-corrected chi connectivity index (χ4v) is 3.61. The molecule has 0 aromatic carbocycles. The first kappa shape index (κ1) is 19.2. The van der Waals surface area contributed by atoms with Gasteiger partial charge in [-0.2, -0.15) is 0 Å². The molecule has 2 fully saturated rings. The Morgan fingerprint density at radius 2 is 2.23 bits per heavy atom. The van der Waals surface area contributed by atoms with Gasteiger partial charge in [-0.3, -0.25) is 4.99 Å². The molecule has 7 heteroatoms. The third-order valence-corrected chi connectivity index (χ3v) is 5.11. The summed E-state index contributed by atoms with van der Waals surface area (Å²) in [5.41, 5.74) is 0. The van der Waals surface area contributed by atoms with E-state index in [4.69, 9.17) is 9.15 Å². The Morgan fingerprint density at radius 3 is 2.88 bits per heavy atom. The molecular weight excluding hydrogens is 332 g/mol. The minimum atomic E-state index is -0.712. The van der Waals surface area contributed by atoms with Gasteiger partial charge in [-0.25, -0.2) is 0 Å². The van der Waals surface area contributed by atoms with Crippen molar-refractivity contribution in [3.8, 4) is 0 Å². The van der Waals surface area contributed by atoms with E-state index in [1.807, 2.05) is 6.92 Å². The van der Waals surface area contributed by atoms with Crippen LogP contribution in [0.5, 0.6) is 0 Å². The van der Waals surface area contributed by atoms with Crippen LogP contribution in [0.25, 0.3) is 0 Å². The SMILES string of the molecule is CCNC(=NCC(O)c1ccco1)NC1CCN(CC2CCOC2)CC1. The normalized spacial score (nSPS) is 23.9. The number of hydrogen-bond acceptors (Lipinski definition) is 5. The summed E-state index contributed by atoms with van der Waals surface area (Å²) in [4.78, 5) is 7.08. The molecule has 0 saturated carbocycles. The maximum Gasteiger partial charge on any atom is 0.191 e. The first-order valence-corrected chi connectivity index (χ1v) is 9.81. The van der Waals surface area contributed by atoms with Crippen molar-refractivity contribution in [2.24, 2.45) is 10.9 Å². The predicted molar refractivity (Wildman–Crippen MR) is 101 cm³/mol. The molecule has 26 heavy (non-hydrogen) atoms. The van der Waals surface area contributed by atoms with Crippen LogP contribution in [-0.4, -0.2) is 67.9 Å². The standard InChI is InChI=1S/C19H32N4O3/c1-2-20-19(21-12-17(24)18-4-3-10-26-18)22-16-5-8-23(9-6-16)13-15-7-11-25-14-15/h3-4,10,15-17,24H,2,5-9,11-14H2,1H3,(H2,20,21,22). The highest BCUT2D eigenvalue weighted by molar-refractivity contribution is 5.80. The molecule has 146 valence electrons. The number of nitrogens with zero attached hydrogens (tertiary/aromatic N) is 2. The van der Waals surface area contributed by atoms with Crippen LogP contribution in [-0.2, 0) is 4.74 Å². The van der Waals surface area contributed by atoms with Crippen molar-refractivity contribution in [3.05, 3.63) is 24.2 Å². The minimum absolute atomic E-state index is 0.281. The molecule has 2 unspecified atom stereocenters. The zero-order valence-electron chi connectivity index (χ0n) is 15.7. The Bertz CT molecular complexity index is 535. The largest absolute Gasteiger partial charge is 0.467 e. The Morgan fingerprint density at radius 1 is 1.38 bits per heavy atom. The van der Waals surface area contributed by atoms with Crippen LogP contribution in [0.1, 0.15) is 38.1 Å². The molecule has 0 radical (unpaired) electrons. The lowest BCUT2D eigenvalue weighted by Crippen LogP contribution is -2.49. The third kappa shape index (κ3) is 5.72. The molecule has 3 heterocycles. The molecule has 0 spiro atoms. The number of aliphatic hydroxyl groups excluding tert-OH is 1. The van der Waals surface area contributed by atoms with Crippen LogP contribution < -0.4 is 10.6 Å². The summed E-state index contributed by atoms with van der Waals surface area (Å²) in [6.45, 7) is 8.36. The minimum Gasteiger partial charge on any atom is -0.467 e. The molecule has 3 rings (SSSR count). The van der Waals surface area contributed by atoms with Crippen LogP contribution in [0, 0.1) is 5.92 Å². The van der Waals surface area contributed by atoms with Crippen LogP contribution in [0.2, 0.25) is 0 Å². The number of furan rings is 1. The quantitative estimate of drug-likeness (QED) is 0.501. The average molecular weight is 364 g/mol. The second kappa shape index (κ2) is 9.94. The third-order valence-electron chi connectivity index (χ3n) is 5.11. The number of ether oxygens (including phenoxy) is 1. The van der Waals surface area contributed by atoms with E-state index in [1.165, 1.54) is 6.42 Å². The second-order valence-corrected chi connectivity index (χ2v) is 7.20. The molecule has 7 nitrogen and oxygen atoms in total. The predicted octanol–water partition coefficient (Wildman–Crippen LogP) is 1.37. The van der Waals surface area contributed by atoms with Gasteiger partial charge in [0, 0.05) is 38.8 Å². The number of nitrogens with one attached hydrogen (secondary N) is 2. The van der Waals surface area contributed by atoms with Crippen molar-refractivity contribution in [2.75, 3.05) is 45.9 Å². The Labute approximate surface area is 155 Å². The van der Waals surface area contributed by atoms with Gasteiger partial charge in [-0.05, 0) is 44.2 Å². The van der Waals surface area contributed by atoms with E-state index in [0.717, 1.165) is 58.2 Å². The summed E-state index contributed by atoms with van der Waals surface area (Å²) in [7, 11) is 0. The number of aliphatic hydroxyl groups is 1. The van der Waals surface area contributed by atoms with Crippen molar-refractivity contribution < 1.29 is 14.3 Å². The lowest BCUT2D eigenvalue weighted by atomic mass is 10.0. The topological polar surface area (TPSA) is 82.3 Å². The second-order valence-electron chi connectivity index (χ2n) is 7.20. The first-order chi connectivity index (χ1) is 12.7. The van der Waals surface area contributed by atoms with E-state index in [-0.39, 0.29) is 6.54 Å². The Hall–Kier alpha value is -1.57. The molecular formula is C19H32N4O3. The molecule has 3 N–H and O–H groups in total. The number of piperidine rings is 1. The zero-order valence-corrected chi connectivity index (χ0v) is 15.7. The van der Waals surface area contributed by atoms with Gasteiger partial charge in [0.15, 0.2) is 5.96 Å². The Kier molecular flexibility index (Phi) is 7.34. The fraction of sp³-hybridized carbons (Fsp3) is 0.737. The number of likely N-dealkylation sites (tertiary alicyclic amines) is 1. The van der Waals surface area contributed by atoms with Crippen LogP contribution >= 0.6 is 0 Å². The Balaban J connectivity index is 1.43. The maximum atomic E-state index is 10.1. The highest BCUT2D eigenvalue weighted by Crippen LogP contribution is 2.18. The van der Waals surface area contributed by atoms with E-state index >= 15 is 0 Å². The van der Waals surface area contributed by atoms with Gasteiger partial charge in [0.2, 0.25) is 0 Å². The lowest BCUT2D eigenvalue weighted by molar-refractivity contribution is 0.150. The van der Waals surface area contributed by atoms with Gasteiger partial charge in [0.05, 0.1) is 19.4 Å². The van der Waals surface area contributed by atoms with Crippen LogP contribution in [0.3, 0.4) is 0 Å². The summed E-state index contributed by atoms with van der Waals surface area (Å²) < 4.78 is 10.7. The molecule has 2 aliphatic heterocycles. The molecule has 1 aromatic rings. The molecule has 1 aromatic heterocycles. The molecule has 0 aliphatic carbocycles. The van der Waals surface area contributed by atoms with Crippen molar-refractivity contribution >= 4 is 5.96 Å². The number of hydrogen-bond donors (Lipinski definition) is 3. The molecule has 0 bridgehead atoms. The number of guanidine groups is 1. The van der Waals surface area contributed by atoms with Gasteiger partial charge < -0.3 is 29.8 Å². The van der Waals surface area contributed by atoms with Crippen molar-refractivity contribution in [1.29, 1.82) is 0 Å². The van der Waals surface area contributed by atoms with Gasteiger partial charge in [0.25, 0.3) is 0 Å². The lowest BCUT2D eigenvalue weighted by Gasteiger charge is -2.34. The van der Waals surface area contributed by atoms with Crippen molar-refractivity contribution in [2.45, 2.75) is 38.3 Å². The van der Waals surface area contributed by atoms with E-state index < -0.39 is 6.10 Å². The molecule has 2 aliphatic rings. The molecule has 2 saturated heterocycles. The first-order valence-electron chi connectivity index (χ1n) is 9.81. The van der Waals surface area contributed by atoms with E-state index in [2.05, 4.69) is 20.5 Å². The van der Waals surface area contributed by atoms with Gasteiger partial charge in [-0.1, -0.05) is 0 Å². The molecule has 0 amide bonds. The fourth-order valence-electron chi connectivity index (χ4n) is 3.61. The van der Waals surface area contributed by atoms with Gasteiger partial charge in [-0.15, -0.1) is 0 Å². The summed E-state index contributed by atoms with van der Waals surface area (Å²) >= 11 is 0. The molecule has 2 atom stereocenters. The van der Waals surface area contributed by atoms with E-state index in [1.54, 1.807) is 18.4 Å². The van der Waals surface area contributed by atoms with Crippen molar-refractivity contribution in [3.63, 3.8) is 0 Å². The van der Waals surface area contributed by atoms with Gasteiger partial charge >= 0.3 is 0 Å². The smallest absolute Gasteiger partial charge is 0.191 e.